The monoisotopic (exact) mass is 379 g/mol. The normalized spacial score (nSPS) is 14.6. The van der Waals surface area contributed by atoms with Gasteiger partial charge in [0.1, 0.15) is 0 Å². The zero-order valence-corrected chi connectivity index (χ0v) is 14.6. The molecule has 5 nitrogen and oxygen atoms in total. The lowest BCUT2D eigenvalue weighted by Gasteiger charge is -2.29. The third-order valence-electron chi connectivity index (χ3n) is 3.90. The van der Waals surface area contributed by atoms with Crippen LogP contribution < -0.4 is 5.32 Å². The van der Waals surface area contributed by atoms with Crippen molar-refractivity contribution in [2.75, 3.05) is 39.8 Å². The van der Waals surface area contributed by atoms with Gasteiger partial charge in [-0.3, -0.25) is 9.59 Å². The molecule has 1 saturated heterocycles. The second-order valence-corrected chi connectivity index (χ2v) is 5.75. The minimum absolute atomic E-state index is 0. The van der Waals surface area contributed by atoms with Crippen molar-refractivity contribution in [2.24, 2.45) is 0 Å². The number of rotatable bonds is 4. The first kappa shape index (κ1) is 21.2. The molecule has 0 radical (unpaired) electrons. The van der Waals surface area contributed by atoms with Crippen LogP contribution in [0, 0.1) is 0 Å². The Labute approximate surface area is 150 Å². The molecule has 1 N–H and O–H groups in total. The number of piperazine rings is 1. The second kappa shape index (κ2) is 9.05. The van der Waals surface area contributed by atoms with Crippen molar-refractivity contribution < 1.29 is 22.8 Å². The highest BCUT2D eigenvalue weighted by Crippen LogP contribution is 2.29. The summed E-state index contributed by atoms with van der Waals surface area (Å²) < 4.78 is 37.5. The van der Waals surface area contributed by atoms with Crippen molar-refractivity contribution in [1.29, 1.82) is 0 Å². The van der Waals surface area contributed by atoms with Gasteiger partial charge in [0, 0.05) is 33.2 Å². The van der Waals surface area contributed by atoms with E-state index in [4.69, 9.17) is 0 Å². The maximum absolute atomic E-state index is 12.5. The summed E-state index contributed by atoms with van der Waals surface area (Å²) in [6, 6.07) is 4.47. The van der Waals surface area contributed by atoms with Crippen LogP contribution in [0.1, 0.15) is 11.1 Å². The van der Waals surface area contributed by atoms with E-state index in [-0.39, 0.29) is 37.2 Å². The molecule has 9 heteroatoms. The van der Waals surface area contributed by atoms with E-state index < -0.39 is 11.7 Å². The highest BCUT2D eigenvalue weighted by atomic mass is 35.5. The van der Waals surface area contributed by atoms with Gasteiger partial charge < -0.3 is 15.1 Å². The predicted octanol–water partition coefficient (Wildman–Crippen LogP) is 1.56. The van der Waals surface area contributed by atoms with Crippen LogP contribution in [0.15, 0.2) is 24.3 Å². The summed E-state index contributed by atoms with van der Waals surface area (Å²) in [5.74, 6) is -0.432. The van der Waals surface area contributed by atoms with E-state index in [2.05, 4.69) is 5.32 Å². The summed E-state index contributed by atoms with van der Waals surface area (Å²) in [4.78, 5) is 27.2. The molecule has 1 aliphatic rings. The van der Waals surface area contributed by atoms with Crippen molar-refractivity contribution in [2.45, 2.75) is 12.6 Å². The Balaban J connectivity index is 0.00000312. The van der Waals surface area contributed by atoms with Crippen molar-refractivity contribution >= 4 is 24.2 Å². The molecule has 0 unspecified atom stereocenters. The average molecular weight is 380 g/mol. The van der Waals surface area contributed by atoms with Crippen LogP contribution in [0.4, 0.5) is 13.2 Å². The molecule has 1 heterocycles. The van der Waals surface area contributed by atoms with E-state index >= 15 is 0 Å². The van der Waals surface area contributed by atoms with Crippen molar-refractivity contribution in [3.8, 4) is 0 Å². The van der Waals surface area contributed by atoms with Gasteiger partial charge in [-0.15, -0.1) is 12.4 Å². The number of alkyl halides is 3. The fraction of sp³-hybridized carbons (Fsp3) is 0.500. The summed E-state index contributed by atoms with van der Waals surface area (Å²) >= 11 is 0. The van der Waals surface area contributed by atoms with Crippen molar-refractivity contribution in [3.63, 3.8) is 0 Å². The molecule has 0 bridgehead atoms. The average Bonchev–Trinajstić information content (AvgIpc) is 2.55. The van der Waals surface area contributed by atoms with Crippen molar-refractivity contribution in [1.82, 2.24) is 15.1 Å². The molecule has 0 spiro atoms. The number of nitrogens with one attached hydrogen (secondary N) is 1. The van der Waals surface area contributed by atoms with Crippen LogP contribution in [0.3, 0.4) is 0 Å². The molecule has 0 saturated carbocycles. The highest BCUT2D eigenvalue weighted by Gasteiger charge is 2.30. The summed E-state index contributed by atoms with van der Waals surface area (Å²) in [5.41, 5.74) is -0.268. The van der Waals surface area contributed by atoms with E-state index in [9.17, 15) is 22.8 Å². The van der Waals surface area contributed by atoms with Crippen molar-refractivity contribution in [3.05, 3.63) is 35.4 Å². The van der Waals surface area contributed by atoms with E-state index in [1.54, 1.807) is 4.90 Å². The molecule has 1 fully saturated rings. The van der Waals surface area contributed by atoms with E-state index in [1.807, 2.05) is 0 Å². The summed E-state index contributed by atoms with van der Waals surface area (Å²) in [6.07, 6.45) is -4.43. The number of carbonyl (C=O) groups is 2. The van der Waals surface area contributed by atoms with Gasteiger partial charge in [-0.25, -0.2) is 0 Å². The van der Waals surface area contributed by atoms with Gasteiger partial charge in [0.05, 0.1) is 18.5 Å². The molecule has 1 aliphatic heterocycles. The highest BCUT2D eigenvalue weighted by molar-refractivity contribution is 5.86. The minimum Gasteiger partial charge on any atom is -0.339 e. The number of hydrogen-bond donors (Lipinski definition) is 1. The van der Waals surface area contributed by atoms with Crippen LogP contribution in [0.5, 0.6) is 0 Å². The summed E-state index contributed by atoms with van der Waals surface area (Å²) in [7, 11) is 1.52. The van der Waals surface area contributed by atoms with Crippen LogP contribution in [-0.4, -0.2) is 61.4 Å². The number of halogens is 4. The van der Waals surface area contributed by atoms with Gasteiger partial charge in [-0.1, -0.05) is 12.1 Å². The van der Waals surface area contributed by atoms with Gasteiger partial charge >= 0.3 is 6.18 Å². The van der Waals surface area contributed by atoms with E-state index in [0.29, 0.717) is 18.7 Å². The molecule has 2 rings (SSSR count). The number of carbonyl (C=O) groups excluding carboxylic acids is 2. The largest absolute Gasteiger partial charge is 0.416 e. The molecule has 25 heavy (non-hydrogen) atoms. The standard InChI is InChI=1S/C16H20F3N3O2.ClH/c1-21(11-15(24)22-8-6-20-7-9-22)14(23)10-12-2-4-13(5-3-12)16(17,18)19;/h2-5,20H,6-11H2,1H3;1H. The molecule has 1 aromatic rings. The summed E-state index contributed by atoms with van der Waals surface area (Å²) in [5, 5.41) is 3.14. The first-order valence-electron chi connectivity index (χ1n) is 7.66. The Morgan fingerprint density at radius 3 is 2.24 bits per heavy atom. The Morgan fingerprint density at radius 1 is 1.16 bits per heavy atom. The first-order valence-corrected chi connectivity index (χ1v) is 7.66. The molecule has 1 aromatic carbocycles. The SMILES string of the molecule is CN(CC(=O)N1CCNCC1)C(=O)Cc1ccc(C(F)(F)F)cc1.Cl. The lowest BCUT2D eigenvalue weighted by Crippen LogP contribution is -2.49. The van der Waals surface area contributed by atoms with Gasteiger partial charge in [-0.2, -0.15) is 13.2 Å². The maximum atomic E-state index is 12.5. The number of hydrogen-bond acceptors (Lipinski definition) is 3. The molecule has 0 aliphatic carbocycles. The summed E-state index contributed by atoms with van der Waals surface area (Å²) in [6.45, 7) is 2.66. The molecule has 0 aromatic heterocycles. The van der Waals surface area contributed by atoms with Crippen LogP contribution in [0.2, 0.25) is 0 Å². The number of amides is 2. The number of nitrogens with zero attached hydrogens (tertiary/aromatic N) is 2. The Kier molecular flexibility index (Phi) is 7.69. The van der Waals surface area contributed by atoms with Gasteiger partial charge in [0.15, 0.2) is 0 Å². The molecule has 0 atom stereocenters. The smallest absolute Gasteiger partial charge is 0.339 e. The van der Waals surface area contributed by atoms with E-state index in [1.165, 1.54) is 24.1 Å². The zero-order valence-electron chi connectivity index (χ0n) is 13.8. The topological polar surface area (TPSA) is 52.7 Å². The predicted molar refractivity (Wildman–Crippen MR) is 89.5 cm³/mol. The van der Waals surface area contributed by atoms with Crippen LogP contribution >= 0.6 is 12.4 Å². The third kappa shape index (κ3) is 6.21. The quantitative estimate of drug-likeness (QED) is 0.863. The minimum atomic E-state index is -4.39. The Morgan fingerprint density at radius 2 is 1.72 bits per heavy atom. The second-order valence-electron chi connectivity index (χ2n) is 5.75. The number of benzene rings is 1. The maximum Gasteiger partial charge on any atom is 0.416 e. The Bertz CT molecular complexity index is 587. The van der Waals surface area contributed by atoms with Gasteiger partial charge in [0.25, 0.3) is 0 Å². The first-order chi connectivity index (χ1) is 11.3. The lowest BCUT2D eigenvalue weighted by atomic mass is 10.1. The number of likely N-dealkylation sites (N-methyl/N-ethyl adjacent to an activating group) is 1. The lowest BCUT2D eigenvalue weighted by molar-refractivity contribution is -0.139. The molecule has 2 amide bonds. The van der Waals surface area contributed by atoms with Crippen LogP contribution in [-0.2, 0) is 22.2 Å². The zero-order chi connectivity index (χ0) is 17.7. The molecular formula is C16H21ClF3N3O2. The fourth-order valence-corrected chi connectivity index (χ4v) is 2.43. The van der Waals surface area contributed by atoms with Gasteiger partial charge in [0.2, 0.25) is 11.8 Å². The molecular weight excluding hydrogens is 359 g/mol. The molecule has 140 valence electrons. The van der Waals surface area contributed by atoms with Crippen LogP contribution in [0.25, 0.3) is 0 Å². The third-order valence-corrected chi connectivity index (χ3v) is 3.90. The van der Waals surface area contributed by atoms with E-state index in [0.717, 1.165) is 25.2 Å². The van der Waals surface area contributed by atoms with Gasteiger partial charge in [-0.05, 0) is 17.7 Å². The Hall–Kier alpha value is -1.80. The fourth-order valence-electron chi connectivity index (χ4n) is 2.43.